The van der Waals surface area contributed by atoms with Gasteiger partial charge in [0.05, 0.1) is 12.8 Å². The van der Waals surface area contributed by atoms with Crippen LogP contribution in [0.25, 0.3) is 10.9 Å². The molecule has 0 aliphatic heterocycles. The van der Waals surface area contributed by atoms with Crippen LogP contribution in [0.3, 0.4) is 0 Å². The summed E-state index contributed by atoms with van der Waals surface area (Å²) < 4.78 is 4.55. The highest BCUT2D eigenvalue weighted by Crippen LogP contribution is 2.29. The molecule has 4 heteroatoms. The molecule has 4 nitrogen and oxygen atoms in total. The number of H-pyrrole nitrogens is 1. The second kappa shape index (κ2) is 5.45. The number of hydrogen-bond acceptors (Lipinski definition) is 3. The second-order valence-electron chi connectivity index (χ2n) is 5.07. The SMILES string of the molecule is COC(=O)CC#Cc1ccc2[nH]c3c(c2c1)CCCC3=O. The summed E-state index contributed by atoms with van der Waals surface area (Å²) in [7, 11) is 1.35. The van der Waals surface area contributed by atoms with E-state index < -0.39 is 0 Å². The van der Waals surface area contributed by atoms with E-state index in [0.717, 1.165) is 40.6 Å². The zero-order valence-corrected chi connectivity index (χ0v) is 11.8. The minimum absolute atomic E-state index is 0.0816. The first-order chi connectivity index (χ1) is 10.2. The number of carbonyl (C=O) groups excluding carboxylic acids is 2. The number of esters is 1. The first-order valence-electron chi connectivity index (χ1n) is 6.92. The van der Waals surface area contributed by atoms with Gasteiger partial charge in [-0.3, -0.25) is 9.59 Å². The molecular weight excluding hydrogens is 266 g/mol. The summed E-state index contributed by atoms with van der Waals surface area (Å²) in [5.41, 5.74) is 3.65. The molecule has 1 aromatic carbocycles. The lowest BCUT2D eigenvalue weighted by Gasteiger charge is -2.09. The van der Waals surface area contributed by atoms with Gasteiger partial charge in [0.2, 0.25) is 0 Å². The summed E-state index contributed by atoms with van der Waals surface area (Å²) in [6.07, 6.45) is 2.51. The number of Topliss-reactive ketones (excluding diaryl/α,β-unsaturated/α-hetero) is 1. The quantitative estimate of drug-likeness (QED) is 0.645. The summed E-state index contributed by atoms with van der Waals surface area (Å²) in [4.78, 5) is 26.1. The molecule has 0 bridgehead atoms. The molecule has 1 N–H and O–H groups in total. The number of fused-ring (bicyclic) bond motifs is 3. The molecule has 0 saturated heterocycles. The van der Waals surface area contributed by atoms with E-state index in [1.807, 2.05) is 18.2 Å². The number of aromatic amines is 1. The van der Waals surface area contributed by atoms with Crippen LogP contribution in [-0.4, -0.2) is 23.8 Å². The van der Waals surface area contributed by atoms with E-state index in [0.29, 0.717) is 6.42 Å². The van der Waals surface area contributed by atoms with E-state index in [2.05, 4.69) is 21.6 Å². The molecule has 1 aromatic heterocycles. The molecule has 0 unspecified atom stereocenters. The summed E-state index contributed by atoms with van der Waals surface area (Å²) in [6, 6.07) is 5.80. The monoisotopic (exact) mass is 281 g/mol. The van der Waals surface area contributed by atoms with Crippen molar-refractivity contribution in [3.05, 3.63) is 35.0 Å². The number of rotatable bonds is 1. The van der Waals surface area contributed by atoms with Gasteiger partial charge in [0.1, 0.15) is 6.42 Å². The van der Waals surface area contributed by atoms with Gasteiger partial charge in [-0.25, -0.2) is 0 Å². The number of nitrogens with one attached hydrogen (secondary N) is 1. The Morgan fingerprint density at radius 3 is 3.05 bits per heavy atom. The normalized spacial score (nSPS) is 13.5. The number of carbonyl (C=O) groups is 2. The summed E-state index contributed by atoms with van der Waals surface area (Å²) in [6.45, 7) is 0. The van der Waals surface area contributed by atoms with Gasteiger partial charge in [-0.15, -0.1) is 0 Å². The first-order valence-corrected chi connectivity index (χ1v) is 6.92. The zero-order valence-electron chi connectivity index (χ0n) is 11.8. The van der Waals surface area contributed by atoms with E-state index in [9.17, 15) is 9.59 Å². The van der Waals surface area contributed by atoms with Gasteiger partial charge in [0.15, 0.2) is 5.78 Å². The average molecular weight is 281 g/mol. The van der Waals surface area contributed by atoms with Crippen molar-refractivity contribution in [2.24, 2.45) is 0 Å². The molecule has 21 heavy (non-hydrogen) atoms. The second-order valence-corrected chi connectivity index (χ2v) is 5.07. The van der Waals surface area contributed by atoms with Crippen LogP contribution in [0, 0.1) is 11.8 Å². The average Bonchev–Trinajstić information content (AvgIpc) is 2.87. The van der Waals surface area contributed by atoms with Crippen molar-refractivity contribution in [3.8, 4) is 11.8 Å². The van der Waals surface area contributed by atoms with Gasteiger partial charge < -0.3 is 9.72 Å². The molecular formula is C17H15NO3. The fourth-order valence-corrected chi connectivity index (χ4v) is 2.66. The van der Waals surface area contributed by atoms with Crippen LogP contribution in [0.4, 0.5) is 0 Å². The van der Waals surface area contributed by atoms with Crippen molar-refractivity contribution in [2.45, 2.75) is 25.7 Å². The van der Waals surface area contributed by atoms with Gasteiger partial charge in [-0.05, 0) is 36.6 Å². The minimum Gasteiger partial charge on any atom is -0.468 e. The Labute approximate surface area is 122 Å². The molecule has 0 saturated carbocycles. The van der Waals surface area contributed by atoms with Gasteiger partial charge in [-0.1, -0.05) is 11.8 Å². The highest BCUT2D eigenvalue weighted by atomic mass is 16.5. The number of methoxy groups -OCH3 is 1. The molecule has 2 aromatic rings. The van der Waals surface area contributed by atoms with Crippen LogP contribution in [0.5, 0.6) is 0 Å². The number of aromatic nitrogens is 1. The highest BCUT2D eigenvalue weighted by molar-refractivity contribution is 6.03. The van der Waals surface area contributed by atoms with Crippen molar-refractivity contribution in [2.75, 3.05) is 7.11 Å². The van der Waals surface area contributed by atoms with Gasteiger partial charge in [-0.2, -0.15) is 0 Å². The Kier molecular flexibility index (Phi) is 3.49. The standard InChI is InChI=1S/C17H15NO3/c1-21-16(20)7-2-4-11-8-9-14-13(10-11)12-5-3-6-15(19)17(12)18-14/h8-10,18H,3,5-7H2,1H3. The molecule has 0 spiro atoms. The van der Waals surface area contributed by atoms with Crippen LogP contribution < -0.4 is 0 Å². The van der Waals surface area contributed by atoms with Gasteiger partial charge in [0, 0.05) is 22.9 Å². The lowest BCUT2D eigenvalue weighted by Crippen LogP contribution is -2.09. The number of benzene rings is 1. The van der Waals surface area contributed by atoms with Crippen LogP contribution in [0.15, 0.2) is 18.2 Å². The predicted octanol–water partition coefficient (Wildman–Crippen LogP) is 2.60. The molecule has 0 fully saturated rings. The van der Waals surface area contributed by atoms with Crippen LogP contribution in [0.1, 0.15) is 40.9 Å². The third kappa shape index (κ3) is 2.55. The summed E-state index contributed by atoms with van der Waals surface area (Å²) in [5.74, 6) is 5.60. The molecule has 1 aliphatic rings. The maximum absolute atomic E-state index is 11.9. The van der Waals surface area contributed by atoms with Gasteiger partial charge >= 0.3 is 5.97 Å². The fourth-order valence-electron chi connectivity index (χ4n) is 2.66. The summed E-state index contributed by atoms with van der Waals surface area (Å²) >= 11 is 0. The Morgan fingerprint density at radius 2 is 2.24 bits per heavy atom. The highest BCUT2D eigenvalue weighted by Gasteiger charge is 2.21. The van der Waals surface area contributed by atoms with Crippen molar-refractivity contribution >= 4 is 22.7 Å². The summed E-state index contributed by atoms with van der Waals surface area (Å²) in [5, 5.41) is 1.06. The Morgan fingerprint density at radius 1 is 1.38 bits per heavy atom. The smallest absolute Gasteiger partial charge is 0.317 e. The lowest BCUT2D eigenvalue weighted by atomic mass is 9.94. The molecule has 0 amide bonds. The first kappa shape index (κ1) is 13.4. The predicted molar refractivity (Wildman–Crippen MR) is 79.1 cm³/mol. The van der Waals surface area contributed by atoms with Crippen molar-refractivity contribution in [3.63, 3.8) is 0 Å². The van der Waals surface area contributed by atoms with E-state index >= 15 is 0 Å². The van der Waals surface area contributed by atoms with Gasteiger partial charge in [0.25, 0.3) is 0 Å². The fraction of sp³-hybridized carbons (Fsp3) is 0.294. The van der Waals surface area contributed by atoms with E-state index in [1.54, 1.807) is 0 Å². The minimum atomic E-state index is -0.340. The number of ketones is 1. The van der Waals surface area contributed by atoms with Crippen molar-refractivity contribution in [1.82, 2.24) is 4.98 Å². The van der Waals surface area contributed by atoms with Crippen molar-refractivity contribution in [1.29, 1.82) is 0 Å². The largest absolute Gasteiger partial charge is 0.468 e. The third-order valence-corrected chi connectivity index (χ3v) is 3.71. The molecule has 1 aliphatic carbocycles. The molecule has 1 heterocycles. The van der Waals surface area contributed by atoms with Crippen LogP contribution in [0.2, 0.25) is 0 Å². The Hall–Kier alpha value is -2.54. The maximum atomic E-state index is 11.9. The van der Waals surface area contributed by atoms with Crippen molar-refractivity contribution < 1.29 is 14.3 Å². The van der Waals surface area contributed by atoms with Crippen LogP contribution >= 0.6 is 0 Å². The third-order valence-electron chi connectivity index (χ3n) is 3.71. The van der Waals surface area contributed by atoms with E-state index in [4.69, 9.17) is 0 Å². The molecule has 0 radical (unpaired) electrons. The van der Waals surface area contributed by atoms with Crippen LogP contribution in [-0.2, 0) is 16.0 Å². The number of aryl methyl sites for hydroxylation is 1. The maximum Gasteiger partial charge on any atom is 0.317 e. The van der Waals surface area contributed by atoms with E-state index in [1.165, 1.54) is 7.11 Å². The molecule has 3 rings (SSSR count). The number of ether oxygens (including phenoxy) is 1. The number of hydrogen-bond donors (Lipinski definition) is 1. The van der Waals surface area contributed by atoms with E-state index in [-0.39, 0.29) is 18.2 Å². The Bertz CT molecular complexity index is 789. The molecule has 106 valence electrons. The molecule has 0 atom stereocenters. The Balaban J connectivity index is 1.96. The lowest BCUT2D eigenvalue weighted by molar-refractivity contribution is -0.139. The zero-order chi connectivity index (χ0) is 14.8. The topological polar surface area (TPSA) is 59.2 Å².